The van der Waals surface area contributed by atoms with E-state index in [1.54, 1.807) is 13.3 Å². The van der Waals surface area contributed by atoms with Crippen molar-refractivity contribution in [3.05, 3.63) is 51.6 Å². The minimum Gasteiger partial charge on any atom is -0.462 e. The lowest BCUT2D eigenvalue weighted by molar-refractivity contribution is 0.0742. The van der Waals surface area contributed by atoms with E-state index in [0.29, 0.717) is 11.6 Å². The van der Waals surface area contributed by atoms with E-state index in [0.717, 1.165) is 21.2 Å². The van der Waals surface area contributed by atoms with Gasteiger partial charge in [0.05, 0.1) is 5.56 Å². The largest absolute Gasteiger partial charge is 0.462 e. The van der Waals surface area contributed by atoms with Crippen LogP contribution in [0.2, 0.25) is 0 Å². The number of aliphatic imine (C=N–C) groups is 1. The molecular weight excluding hydrogens is 410 g/mol. The zero-order valence-corrected chi connectivity index (χ0v) is 16.8. The average molecular weight is 428 g/mol. The van der Waals surface area contributed by atoms with Gasteiger partial charge in [-0.15, -0.1) is 0 Å². The molecule has 0 amide bonds. The van der Waals surface area contributed by atoms with E-state index in [1.165, 1.54) is 0 Å². The standard InChI is InChI=1S/C20H18BrN3O3/c1-19(2,25-3)7-6-12-4-5-16-14(8-12)20(11-26-18(22)24-20)15-9-13(21)10-23-17(15)27-16/h4-5,8-10H,11H2,1-3H3,(H2,22,24). The summed E-state index contributed by atoms with van der Waals surface area (Å²) in [5, 5.41) is 0. The summed E-state index contributed by atoms with van der Waals surface area (Å²) < 4.78 is 17.7. The summed E-state index contributed by atoms with van der Waals surface area (Å²) in [4.78, 5) is 9.01. The molecule has 0 aliphatic carbocycles. The molecule has 6 nitrogen and oxygen atoms in total. The first kappa shape index (κ1) is 17.8. The average Bonchev–Trinajstić information content (AvgIpc) is 3.04. The molecule has 3 heterocycles. The van der Waals surface area contributed by atoms with Gasteiger partial charge in [0, 0.05) is 28.9 Å². The number of nitrogens with two attached hydrogens (primary N) is 1. The molecule has 0 bridgehead atoms. The molecule has 1 spiro atoms. The Morgan fingerprint density at radius 3 is 2.81 bits per heavy atom. The van der Waals surface area contributed by atoms with Gasteiger partial charge in [-0.1, -0.05) is 11.8 Å². The van der Waals surface area contributed by atoms with Crippen LogP contribution in [0.1, 0.15) is 30.5 Å². The predicted molar refractivity (Wildman–Crippen MR) is 105 cm³/mol. The fourth-order valence-electron chi connectivity index (χ4n) is 3.05. The third-order valence-corrected chi connectivity index (χ3v) is 5.08. The number of benzene rings is 1. The second kappa shape index (κ2) is 6.25. The Hall–Kier alpha value is -2.56. The monoisotopic (exact) mass is 427 g/mol. The number of methoxy groups -OCH3 is 1. The number of rotatable bonds is 1. The molecule has 1 unspecified atom stereocenters. The molecule has 1 aromatic carbocycles. The fraction of sp³-hybridized carbons (Fsp3) is 0.300. The Morgan fingerprint density at radius 2 is 2.11 bits per heavy atom. The van der Waals surface area contributed by atoms with E-state index in [2.05, 4.69) is 37.7 Å². The van der Waals surface area contributed by atoms with Crippen molar-refractivity contribution in [1.82, 2.24) is 4.98 Å². The highest BCUT2D eigenvalue weighted by molar-refractivity contribution is 9.10. The Balaban J connectivity index is 1.88. The Labute approximate surface area is 165 Å². The number of halogens is 1. The summed E-state index contributed by atoms with van der Waals surface area (Å²) >= 11 is 3.47. The minimum atomic E-state index is -0.807. The predicted octanol–water partition coefficient (Wildman–Crippen LogP) is 3.31. The van der Waals surface area contributed by atoms with Crippen LogP contribution in [0.15, 0.2) is 39.9 Å². The van der Waals surface area contributed by atoms with Crippen LogP contribution in [0.25, 0.3) is 0 Å². The van der Waals surface area contributed by atoms with Crippen molar-refractivity contribution < 1.29 is 14.2 Å². The Morgan fingerprint density at radius 1 is 1.30 bits per heavy atom. The van der Waals surface area contributed by atoms with Crippen LogP contribution in [-0.4, -0.2) is 30.3 Å². The number of pyridine rings is 1. The summed E-state index contributed by atoms with van der Waals surface area (Å²) in [5.74, 6) is 7.44. The molecule has 4 rings (SSSR count). The van der Waals surface area contributed by atoms with Gasteiger partial charge in [0.15, 0.2) is 5.54 Å². The molecule has 0 fully saturated rings. The molecule has 2 aliphatic heterocycles. The first-order valence-electron chi connectivity index (χ1n) is 8.38. The molecule has 138 valence electrons. The third kappa shape index (κ3) is 3.05. The molecule has 2 N–H and O–H groups in total. The minimum absolute atomic E-state index is 0.144. The second-order valence-electron chi connectivity index (χ2n) is 6.88. The van der Waals surface area contributed by atoms with E-state index in [4.69, 9.17) is 19.9 Å². The van der Waals surface area contributed by atoms with Crippen LogP contribution in [0.3, 0.4) is 0 Å². The maximum Gasteiger partial charge on any atom is 0.283 e. The number of amidine groups is 1. The zero-order valence-electron chi connectivity index (χ0n) is 15.2. The molecule has 1 atom stereocenters. The SMILES string of the molecule is COC(C)(C)C#Cc1ccc2c(c1)C1(COC(N)=N1)c1cc(Br)cnc1O2. The second-order valence-corrected chi connectivity index (χ2v) is 7.80. The van der Waals surface area contributed by atoms with Gasteiger partial charge in [-0.05, 0) is 54.0 Å². The fourth-order valence-corrected chi connectivity index (χ4v) is 3.39. The van der Waals surface area contributed by atoms with Gasteiger partial charge in [0.25, 0.3) is 6.02 Å². The smallest absolute Gasteiger partial charge is 0.283 e. The van der Waals surface area contributed by atoms with Crippen LogP contribution in [0.5, 0.6) is 11.6 Å². The quantitative estimate of drug-likeness (QED) is 0.706. The van der Waals surface area contributed by atoms with Crippen molar-refractivity contribution in [2.45, 2.75) is 25.0 Å². The first-order valence-corrected chi connectivity index (χ1v) is 9.17. The van der Waals surface area contributed by atoms with Crippen LogP contribution < -0.4 is 10.5 Å². The molecule has 7 heteroatoms. The van der Waals surface area contributed by atoms with Gasteiger partial charge in [-0.2, -0.15) is 0 Å². The lowest BCUT2D eigenvalue weighted by atomic mass is 9.82. The summed E-state index contributed by atoms with van der Waals surface area (Å²) in [5.41, 5.74) is 7.00. The number of ether oxygens (including phenoxy) is 3. The lowest BCUT2D eigenvalue weighted by Crippen LogP contribution is -2.31. The third-order valence-electron chi connectivity index (χ3n) is 4.64. The van der Waals surface area contributed by atoms with Crippen LogP contribution in [0, 0.1) is 11.8 Å². The van der Waals surface area contributed by atoms with Gasteiger partial charge < -0.3 is 19.9 Å². The van der Waals surface area contributed by atoms with E-state index in [9.17, 15) is 0 Å². The molecule has 2 aromatic rings. The van der Waals surface area contributed by atoms with Crippen molar-refractivity contribution in [1.29, 1.82) is 0 Å². The van der Waals surface area contributed by atoms with E-state index < -0.39 is 11.1 Å². The van der Waals surface area contributed by atoms with Gasteiger partial charge in [-0.25, -0.2) is 9.98 Å². The lowest BCUT2D eigenvalue weighted by Gasteiger charge is -2.32. The highest BCUT2D eigenvalue weighted by atomic mass is 79.9. The van der Waals surface area contributed by atoms with Gasteiger partial charge in [0.2, 0.25) is 5.88 Å². The zero-order chi connectivity index (χ0) is 19.2. The topological polar surface area (TPSA) is 79.0 Å². The highest BCUT2D eigenvalue weighted by Gasteiger charge is 2.47. The highest BCUT2D eigenvalue weighted by Crippen LogP contribution is 2.50. The molecular formula is C20H18BrN3O3. The first-order chi connectivity index (χ1) is 12.8. The van der Waals surface area contributed by atoms with Crippen molar-refractivity contribution >= 4 is 22.0 Å². The van der Waals surface area contributed by atoms with Gasteiger partial charge >= 0.3 is 0 Å². The molecule has 0 radical (unpaired) electrons. The Bertz CT molecular complexity index is 1020. The summed E-state index contributed by atoms with van der Waals surface area (Å²) in [6.45, 7) is 4.11. The number of fused-ring (bicyclic) bond motifs is 4. The van der Waals surface area contributed by atoms with Crippen LogP contribution in [-0.2, 0) is 15.0 Å². The van der Waals surface area contributed by atoms with E-state index >= 15 is 0 Å². The van der Waals surface area contributed by atoms with Crippen molar-refractivity contribution in [2.75, 3.05) is 13.7 Å². The van der Waals surface area contributed by atoms with Crippen molar-refractivity contribution in [3.63, 3.8) is 0 Å². The maximum atomic E-state index is 6.01. The maximum absolute atomic E-state index is 6.01. The summed E-state index contributed by atoms with van der Waals surface area (Å²) in [7, 11) is 1.64. The van der Waals surface area contributed by atoms with E-state index in [1.807, 2.05) is 38.1 Å². The van der Waals surface area contributed by atoms with Crippen molar-refractivity contribution in [2.24, 2.45) is 10.7 Å². The normalized spacial score (nSPS) is 19.9. The van der Waals surface area contributed by atoms with Crippen LogP contribution in [0.4, 0.5) is 0 Å². The molecule has 2 aliphatic rings. The molecule has 27 heavy (non-hydrogen) atoms. The number of hydrogen-bond donors (Lipinski definition) is 1. The number of hydrogen-bond acceptors (Lipinski definition) is 6. The molecule has 1 aromatic heterocycles. The summed E-state index contributed by atoms with van der Waals surface area (Å²) in [6, 6.07) is 7.81. The van der Waals surface area contributed by atoms with Gasteiger partial charge in [-0.3, -0.25) is 0 Å². The van der Waals surface area contributed by atoms with Crippen molar-refractivity contribution in [3.8, 4) is 23.5 Å². The van der Waals surface area contributed by atoms with E-state index in [-0.39, 0.29) is 12.6 Å². The van der Waals surface area contributed by atoms with Crippen LogP contribution >= 0.6 is 15.9 Å². The summed E-state index contributed by atoms with van der Waals surface area (Å²) in [6.07, 6.45) is 1.69. The Kier molecular flexibility index (Phi) is 4.13. The number of aromatic nitrogens is 1. The molecule has 0 saturated carbocycles. The van der Waals surface area contributed by atoms with Gasteiger partial charge in [0.1, 0.15) is 18.0 Å². The number of nitrogens with zero attached hydrogens (tertiary/aromatic N) is 2. The molecule has 0 saturated heterocycles.